The van der Waals surface area contributed by atoms with Crippen LogP contribution in [0.15, 0.2) is 34.7 Å². The highest BCUT2D eigenvalue weighted by Crippen LogP contribution is 2.24. The van der Waals surface area contributed by atoms with Crippen molar-refractivity contribution in [3.63, 3.8) is 0 Å². The van der Waals surface area contributed by atoms with E-state index in [4.69, 9.17) is 0 Å². The summed E-state index contributed by atoms with van der Waals surface area (Å²) in [6.45, 7) is 0.958. The van der Waals surface area contributed by atoms with E-state index in [1.807, 2.05) is 0 Å². The standard InChI is InChI=1S/C15H19F2N5O3S/c1-20-7-4-18-15(20)26(24,25)22-5-2-11(3-6-22)9-21-10-19-12(14(16)17)8-13(21)23/h4,7-8,10-11,14H,2-3,5-6,9H2,1H3. The molecule has 11 heteroatoms. The molecule has 0 N–H and O–H groups in total. The van der Waals surface area contributed by atoms with Gasteiger partial charge in [0.25, 0.3) is 22.0 Å². The number of aryl methyl sites for hydroxylation is 1. The minimum Gasteiger partial charge on any atom is -0.324 e. The van der Waals surface area contributed by atoms with E-state index in [-0.39, 0.29) is 11.1 Å². The van der Waals surface area contributed by atoms with Gasteiger partial charge in [0.1, 0.15) is 5.69 Å². The van der Waals surface area contributed by atoms with Crippen LogP contribution in [0.25, 0.3) is 0 Å². The molecular formula is C15H19F2N5O3S. The maximum absolute atomic E-state index is 12.6. The van der Waals surface area contributed by atoms with E-state index in [9.17, 15) is 22.0 Å². The van der Waals surface area contributed by atoms with Crippen LogP contribution in [0, 0.1) is 5.92 Å². The highest BCUT2D eigenvalue weighted by molar-refractivity contribution is 7.89. The van der Waals surface area contributed by atoms with E-state index in [0.717, 1.165) is 12.4 Å². The van der Waals surface area contributed by atoms with Gasteiger partial charge in [-0.3, -0.25) is 9.36 Å². The quantitative estimate of drug-likeness (QED) is 0.764. The zero-order valence-electron chi connectivity index (χ0n) is 14.1. The van der Waals surface area contributed by atoms with Gasteiger partial charge in [-0.05, 0) is 18.8 Å². The highest BCUT2D eigenvalue weighted by Gasteiger charge is 2.32. The lowest BCUT2D eigenvalue weighted by Gasteiger charge is -2.31. The van der Waals surface area contributed by atoms with Crippen molar-refractivity contribution in [3.05, 3.63) is 40.8 Å². The van der Waals surface area contributed by atoms with E-state index in [0.29, 0.717) is 32.5 Å². The Morgan fingerprint density at radius 3 is 2.50 bits per heavy atom. The second-order valence-corrected chi connectivity index (χ2v) is 8.10. The van der Waals surface area contributed by atoms with Crippen LogP contribution in [0.5, 0.6) is 0 Å². The summed E-state index contributed by atoms with van der Waals surface area (Å²) < 4.78 is 54.4. The third-order valence-electron chi connectivity index (χ3n) is 4.50. The van der Waals surface area contributed by atoms with E-state index < -0.39 is 27.7 Å². The first kappa shape index (κ1) is 18.6. The largest absolute Gasteiger partial charge is 0.324 e. The van der Waals surface area contributed by atoms with Crippen LogP contribution in [0.4, 0.5) is 8.78 Å². The third kappa shape index (κ3) is 3.68. The summed E-state index contributed by atoms with van der Waals surface area (Å²) in [4.78, 5) is 19.4. The lowest BCUT2D eigenvalue weighted by atomic mass is 9.98. The summed E-state index contributed by atoms with van der Waals surface area (Å²) >= 11 is 0. The maximum atomic E-state index is 12.6. The monoisotopic (exact) mass is 387 g/mol. The number of halogens is 2. The fourth-order valence-corrected chi connectivity index (χ4v) is 4.56. The topological polar surface area (TPSA) is 90.1 Å². The molecule has 0 aliphatic carbocycles. The van der Waals surface area contributed by atoms with Crippen LogP contribution in [0.2, 0.25) is 0 Å². The zero-order valence-corrected chi connectivity index (χ0v) is 14.9. The van der Waals surface area contributed by atoms with E-state index in [2.05, 4.69) is 9.97 Å². The molecule has 0 spiro atoms. The average molecular weight is 387 g/mol. The summed E-state index contributed by atoms with van der Waals surface area (Å²) in [6.07, 6.45) is 2.47. The number of alkyl halides is 2. The molecule has 0 bridgehead atoms. The summed E-state index contributed by atoms with van der Waals surface area (Å²) in [7, 11) is -2.03. The molecule has 26 heavy (non-hydrogen) atoms. The first-order valence-electron chi connectivity index (χ1n) is 8.11. The minimum absolute atomic E-state index is 0.000965. The molecule has 2 aromatic heterocycles. The second-order valence-electron chi connectivity index (χ2n) is 6.27. The SMILES string of the molecule is Cn1ccnc1S(=O)(=O)N1CCC(Cn2cnc(C(F)F)cc2=O)CC1. The normalized spacial score (nSPS) is 17.1. The summed E-state index contributed by atoms with van der Waals surface area (Å²) in [5.74, 6) is 0.0692. The Bertz CT molecular complexity index is 933. The predicted octanol–water partition coefficient (Wildman–Crippen LogP) is 1.02. The number of aromatic nitrogens is 4. The molecule has 1 saturated heterocycles. The van der Waals surface area contributed by atoms with Crippen molar-refractivity contribution < 1.29 is 17.2 Å². The molecular weight excluding hydrogens is 368 g/mol. The molecule has 3 heterocycles. The Labute approximate surface area is 149 Å². The number of sulfonamides is 1. The molecule has 0 unspecified atom stereocenters. The molecule has 0 saturated carbocycles. The molecule has 8 nitrogen and oxygen atoms in total. The van der Waals surface area contributed by atoms with Gasteiger partial charge in [-0.2, -0.15) is 4.31 Å². The van der Waals surface area contributed by atoms with Gasteiger partial charge < -0.3 is 4.57 Å². The van der Waals surface area contributed by atoms with Crippen molar-refractivity contribution in [2.45, 2.75) is 31.0 Å². The van der Waals surface area contributed by atoms with Crippen molar-refractivity contribution in [3.8, 4) is 0 Å². The van der Waals surface area contributed by atoms with Crippen molar-refractivity contribution in [1.82, 2.24) is 23.4 Å². The number of rotatable bonds is 5. The summed E-state index contributed by atoms with van der Waals surface area (Å²) in [5.41, 5.74) is -1.07. The molecule has 1 aliphatic rings. The molecule has 0 atom stereocenters. The molecule has 1 aliphatic heterocycles. The highest BCUT2D eigenvalue weighted by atomic mass is 32.2. The van der Waals surface area contributed by atoms with Crippen LogP contribution < -0.4 is 5.56 Å². The van der Waals surface area contributed by atoms with Gasteiger partial charge in [-0.25, -0.2) is 27.2 Å². The maximum Gasteiger partial charge on any atom is 0.280 e. The molecule has 0 radical (unpaired) electrons. The van der Waals surface area contributed by atoms with Crippen LogP contribution in [0.1, 0.15) is 25.0 Å². The van der Waals surface area contributed by atoms with E-state index >= 15 is 0 Å². The van der Waals surface area contributed by atoms with E-state index in [1.54, 1.807) is 13.2 Å². The molecule has 2 aromatic rings. The Morgan fingerprint density at radius 1 is 1.27 bits per heavy atom. The lowest BCUT2D eigenvalue weighted by molar-refractivity contribution is 0.145. The van der Waals surface area contributed by atoms with Gasteiger partial charge in [0.2, 0.25) is 5.16 Å². The Kier molecular flexibility index (Phi) is 5.19. The van der Waals surface area contributed by atoms with E-state index in [1.165, 1.54) is 19.6 Å². The fourth-order valence-electron chi connectivity index (χ4n) is 3.02. The van der Waals surface area contributed by atoms with Crippen LogP contribution in [-0.4, -0.2) is 44.9 Å². The van der Waals surface area contributed by atoms with Gasteiger partial charge in [0.05, 0.1) is 6.33 Å². The number of hydrogen-bond donors (Lipinski definition) is 0. The van der Waals surface area contributed by atoms with Crippen LogP contribution in [0.3, 0.4) is 0 Å². The molecule has 0 amide bonds. The number of piperidine rings is 1. The lowest BCUT2D eigenvalue weighted by Crippen LogP contribution is -2.40. The smallest absolute Gasteiger partial charge is 0.280 e. The predicted molar refractivity (Wildman–Crippen MR) is 88.1 cm³/mol. The van der Waals surface area contributed by atoms with Crippen molar-refractivity contribution in [2.75, 3.05) is 13.1 Å². The van der Waals surface area contributed by atoms with Crippen LogP contribution in [-0.2, 0) is 23.6 Å². The third-order valence-corrected chi connectivity index (χ3v) is 6.40. The van der Waals surface area contributed by atoms with Gasteiger partial charge in [-0.15, -0.1) is 0 Å². The zero-order chi connectivity index (χ0) is 18.9. The van der Waals surface area contributed by atoms with Crippen LogP contribution >= 0.6 is 0 Å². The van der Waals surface area contributed by atoms with Gasteiger partial charge in [-0.1, -0.05) is 0 Å². The van der Waals surface area contributed by atoms with Crippen molar-refractivity contribution in [1.29, 1.82) is 0 Å². The second kappa shape index (κ2) is 7.23. The van der Waals surface area contributed by atoms with Gasteiger partial charge >= 0.3 is 0 Å². The van der Waals surface area contributed by atoms with Gasteiger partial charge in [0, 0.05) is 45.1 Å². The molecule has 0 aromatic carbocycles. The van der Waals surface area contributed by atoms with Crippen molar-refractivity contribution in [2.24, 2.45) is 13.0 Å². The Morgan fingerprint density at radius 2 is 1.96 bits per heavy atom. The fraction of sp³-hybridized carbons (Fsp3) is 0.533. The average Bonchev–Trinajstić information content (AvgIpc) is 3.04. The summed E-state index contributed by atoms with van der Waals surface area (Å²) in [6, 6.07) is 0.839. The minimum atomic E-state index is -3.65. The van der Waals surface area contributed by atoms with Gasteiger partial charge in [0.15, 0.2) is 0 Å². The first-order chi connectivity index (χ1) is 12.3. The molecule has 142 valence electrons. The first-order valence-corrected chi connectivity index (χ1v) is 9.55. The number of imidazole rings is 1. The Balaban J connectivity index is 1.64. The molecule has 1 fully saturated rings. The number of hydrogen-bond acceptors (Lipinski definition) is 5. The Hall–Kier alpha value is -2.14. The summed E-state index contributed by atoms with van der Waals surface area (Å²) in [5, 5.41) is -0.000965. The number of nitrogens with zero attached hydrogens (tertiary/aromatic N) is 5. The van der Waals surface area contributed by atoms with Crippen molar-refractivity contribution >= 4 is 10.0 Å². The molecule has 3 rings (SSSR count).